The van der Waals surface area contributed by atoms with E-state index in [1.165, 1.54) is 0 Å². The summed E-state index contributed by atoms with van der Waals surface area (Å²) < 4.78 is 6.76. The average Bonchev–Trinajstić information content (AvgIpc) is 2.87. The van der Waals surface area contributed by atoms with Gasteiger partial charge in [0, 0.05) is 30.7 Å². The highest BCUT2D eigenvalue weighted by Gasteiger charge is 2.37. The van der Waals surface area contributed by atoms with Gasteiger partial charge in [-0.05, 0) is 19.2 Å². The van der Waals surface area contributed by atoms with Gasteiger partial charge in [0.25, 0.3) is 5.56 Å². The van der Waals surface area contributed by atoms with E-state index in [9.17, 15) is 4.79 Å². The number of nitrogens with one attached hydrogen (secondary N) is 1. The Bertz CT molecular complexity index is 719. The van der Waals surface area contributed by atoms with Crippen molar-refractivity contribution in [1.29, 1.82) is 0 Å². The summed E-state index contributed by atoms with van der Waals surface area (Å²) in [4.78, 5) is 24.3. The number of hydrogen-bond acceptors (Lipinski definition) is 5. The summed E-state index contributed by atoms with van der Waals surface area (Å²) in [6.07, 6.45) is 5.83. The van der Waals surface area contributed by atoms with Crippen LogP contribution in [0.1, 0.15) is 11.6 Å². The highest BCUT2D eigenvalue weighted by Crippen LogP contribution is 2.40. The minimum absolute atomic E-state index is 0.00268. The molecule has 1 fully saturated rings. The molecule has 1 aromatic rings. The Hall–Kier alpha value is -1.60. The van der Waals surface area contributed by atoms with Gasteiger partial charge in [0.1, 0.15) is 11.8 Å². The fourth-order valence-electron chi connectivity index (χ4n) is 3.09. The third-order valence-electron chi connectivity index (χ3n) is 4.40. The molecule has 0 bridgehead atoms. The molecular formula is C15H17BrN4O2. The van der Waals surface area contributed by atoms with Crippen LogP contribution in [0.5, 0.6) is 5.75 Å². The van der Waals surface area contributed by atoms with Crippen molar-refractivity contribution in [2.24, 2.45) is 0 Å². The summed E-state index contributed by atoms with van der Waals surface area (Å²) in [5, 5.41) is 0. The molecule has 4 rings (SSSR count). The van der Waals surface area contributed by atoms with Gasteiger partial charge in [-0.1, -0.05) is 22.0 Å². The molecule has 0 saturated carbocycles. The largest absolute Gasteiger partial charge is 0.478 e. The maximum Gasteiger partial charge on any atom is 0.295 e. The lowest BCUT2D eigenvalue weighted by atomic mass is 9.96. The zero-order valence-electron chi connectivity index (χ0n) is 12.3. The highest BCUT2D eigenvalue weighted by atomic mass is 79.9. The summed E-state index contributed by atoms with van der Waals surface area (Å²) in [7, 11) is 2.10. The maximum absolute atomic E-state index is 12.3. The summed E-state index contributed by atoms with van der Waals surface area (Å²) in [5.74, 6) is 1.01. The van der Waals surface area contributed by atoms with Crippen molar-refractivity contribution in [1.82, 2.24) is 14.9 Å². The molecule has 0 radical (unpaired) electrons. The van der Waals surface area contributed by atoms with E-state index in [0.29, 0.717) is 11.7 Å². The Kier molecular flexibility index (Phi) is 3.34. The molecule has 2 aliphatic heterocycles. The van der Waals surface area contributed by atoms with Crippen LogP contribution >= 0.6 is 15.9 Å². The molecule has 0 spiro atoms. The van der Waals surface area contributed by atoms with Gasteiger partial charge >= 0.3 is 0 Å². The van der Waals surface area contributed by atoms with Gasteiger partial charge in [-0.25, -0.2) is 4.98 Å². The first-order valence-corrected chi connectivity index (χ1v) is 8.21. The third-order valence-corrected chi connectivity index (χ3v) is 4.93. The van der Waals surface area contributed by atoms with E-state index in [1.807, 2.05) is 12.2 Å². The normalized spacial score (nSPS) is 27.2. The van der Waals surface area contributed by atoms with Crippen LogP contribution in [0, 0.1) is 0 Å². The van der Waals surface area contributed by atoms with Crippen LogP contribution in [0.4, 0.5) is 5.95 Å². The van der Waals surface area contributed by atoms with Crippen LogP contribution in [-0.2, 0) is 0 Å². The smallest absolute Gasteiger partial charge is 0.295 e. The lowest BCUT2D eigenvalue weighted by Gasteiger charge is -2.32. The number of fused-ring (bicyclic) bond motifs is 3. The highest BCUT2D eigenvalue weighted by molar-refractivity contribution is 9.11. The molecule has 2 atom stereocenters. The number of allylic oxidation sites excluding steroid dienone is 2. The first-order chi connectivity index (χ1) is 10.6. The number of nitrogens with zero attached hydrogens (tertiary/aromatic N) is 3. The number of aromatic amines is 1. The molecule has 0 aromatic carbocycles. The number of H-pyrrole nitrogens is 1. The number of anilines is 1. The summed E-state index contributed by atoms with van der Waals surface area (Å²) in [5.41, 5.74) is 0.551. The van der Waals surface area contributed by atoms with Crippen LogP contribution < -0.4 is 15.2 Å². The van der Waals surface area contributed by atoms with Gasteiger partial charge in [0.15, 0.2) is 0 Å². The Morgan fingerprint density at radius 3 is 2.91 bits per heavy atom. The predicted octanol–water partition coefficient (Wildman–Crippen LogP) is 1.21. The average molecular weight is 365 g/mol. The minimum Gasteiger partial charge on any atom is -0.478 e. The Morgan fingerprint density at radius 1 is 1.36 bits per heavy atom. The van der Waals surface area contributed by atoms with E-state index < -0.39 is 0 Å². The van der Waals surface area contributed by atoms with Crippen LogP contribution in [0.15, 0.2) is 27.5 Å². The van der Waals surface area contributed by atoms with E-state index in [1.54, 1.807) is 0 Å². The van der Waals surface area contributed by atoms with Crippen molar-refractivity contribution in [3.63, 3.8) is 0 Å². The molecule has 6 nitrogen and oxygen atoms in total. The third kappa shape index (κ3) is 2.28. The van der Waals surface area contributed by atoms with Crippen molar-refractivity contribution in [3.05, 3.63) is 38.8 Å². The van der Waals surface area contributed by atoms with Crippen molar-refractivity contribution in [3.8, 4) is 5.75 Å². The second kappa shape index (κ2) is 5.24. The van der Waals surface area contributed by atoms with E-state index in [-0.39, 0.29) is 17.6 Å². The fraction of sp³-hybridized carbons (Fsp3) is 0.467. The van der Waals surface area contributed by atoms with Gasteiger partial charge in [-0.15, -0.1) is 0 Å². The maximum atomic E-state index is 12.3. The van der Waals surface area contributed by atoms with Crippen LogP contribution in [0.2, 0.25) is 0 Å². The number of piperazine rings is 1. The number of halogens is 1. The topological polar surface area (TPSA) is 61.5 Å². The molecule has 2 unspecified atom stereocenters. The number of likely N-dealkylation sites (N-methyl/N-ethyl adjacent to an activating group) is 1. The molecule has 22 heavy (non-hydrogen) atoms. The Morgan fingerprint density at radius 2 is 2.14 bits per heavy atom. The van der Waals surface area contributed by atoms with E-state index in [4.69, 9.17) is 9.72 Å². The van der Waals surface area contributed by atoms with Crippen LogP contribution in [0.3, 0.4) is 0 Å². The van der Waals surface area contributed by atoms with Gasteiger partial charge in [0.05, 0.1) is 5.92 Å². The lowest BCUT2D eigenvalue weighted by Crippen LogP contribution is -2.45. The van der Waals surface area contributed by atoms with Crippen LogP contribution in [-0.4, -0.2) is 54.2 Å². The first-order valence-electron chi connectivity index (χ1n) is 7.42. The second-order valence-electron chi connectivity index (χ2n) is 5.91. The molecule has 3 aliphatic rings. The Balaban J connectivity index is 1.71. The zero-order chi connectivity index (χ0) is 15.3. The van der Waals surface area contributed by atoms with E-state index >= 15 is 0 Å². The van der Waals surface area contributed by atoms with E-state index in [2.05, 4.69) is 43.8 Å². The van der Waals surface area contributed by atoms with E-state index in [0.717, 1.165) is 36.4 Å². The molecule has 1 N–H and O–H groups in total. The lowest BCUT2D eigenvalue weighted by molar-refractivity contribution is 0.266. The fourth-order valence-corrected chi connectivity index (χ4v) is 3.52. The number of hydrogen-bond donors (Lipinski definition) is 1. The van der Waals surface area contributed by atoms with Crippen LogP contribution in [0.25, 0.3) is 0 Å². The summed E-state index contributed by atoms with van der Waals surface area (Å²) in [6.45, 7) is 3.67. The predicted molar refractivity (Wildman–Crippen MR) is 87.9 cm³/mol. The molecular weight excluding hydrogens is 348 g/mol. The molecule has 7 heteroatoms. The summed E-state index contributed by atoms with van der Waals surface area (Å²) >= 11 is 3.49. The molecule has 1 aromatic heterocycles. The van der Waals surface area contributed by atoms with Crippen molar-refractivity contribution >= 4 is 21.9 Å². The minimum atomic E-state index is -0.189. The first kappa shape index (κ1) is 14.0. The molecule has 3 heterocycles. The SMILES string of the molecule is CN1CCN(c2nc3c(c(=O)[nH]2)OC2C=CC(Br)=CC32)CC1. The standard InChI is InChI=1S/C15H17BrN4O2/c1-19-4-6-20(7-5-19)15-17-12-10-8-9(16)2-3-11(10)22-13(12)14(21)18-15/h2-3,8,10-11H,4-7H2,1H3,(H,17,18,21). The molecule has 116 valence electrons. The number of ether oxygens (including phenoxy) is 1. The number of aromatic nitrogens is 2. The monoisotopic (exact) mass is 364 g/mol. The van der Waals surface area contributed by atoms with Crippen molar-refractivity contribution in [2.75, 3.05) is 38.1 Å². The number of rotatable bonds is 1. The molecule has 0 amide bonds. The van der Waals surface area contributed by atoms with Crippen molar-refractivity contribution in [2.45, 2.75) is 12.0 Å². The summed E-state index contributed by atoms with van der Waals surface area (Å²) in [6, 6.07) is 0. The van der Waals surface area contributed by atoms with Gasteiger partial charge in [0.2, 0.25) is 11.7 Å². The van der Waals surface area contributed by atoms with Crippen molar-refractivity contribution < 1.29 is 4.74 Å². The van der Waals surface area contributed by atoms with Gasteiger partial charge in [-0.2, -0.15) is 0 Å². The quantitative estimate of drug-likeness (QED) is 0.811. The molecule has 1 aliphatic carbocycles. The zero-order valence-corrected chi connectivity index (χ0v) is 13.8. The van der Waals surface area contributed by atoms with Gasteiger partial charge < -0.3 is 14.5 Å². The van der Waals surface area contributed by atoms with Gasteiger partial charge in [-0.3, -0.25) is 9.78 Å². The molecule has 1 saturated heterocycles. The second-order valence-corrected chi connectivity index (χ2v) is 6.83. The Labute approximate surface area is 136 Å².